The van der Waals surface area contributed by atoms with Gasteiger partial charge >= 0.3 is 0 Å². The first-order valence-electron chi connectivity index (χ1n) is 6.85. The van der Waals surface area contributed by atoms with Crippen molar-refractivity contribution in [1.82, 2.24) is 5.32 Å². The van der Waals surface area contributed by atoms with Gasteiger partial charge in [-0.1, -0.05) is 24.4 Å². The van der Waals surface area contributed by atoms with E-state index in [0.717, 1.165) is 30.3 Å². The van der Waals surface area contributed by atoms with Crippen molar-refractivity contribution in [2.75, 3.05) is 6.61 Å². The molecule has 1 N–H and O–H groups in total. The maximum atomic E-state index is 6.18. The van der Waals surface area contributed by atoms with Gasteiger partial charge in [-0.15, -0.1) is 0 Å². The van der Waals surface area contributed by atoms with E-state index in [4.69, 9.17) is 16.3 Å². The predicted octanol–water partition coefficient (Wildman–Crippen LogP) is 3.70. The van der Waals surface area contributed by atoms with Crippen molar-refractivity contribution in [3.8, 4) is 5.75 Å². The first-order chi connectivity index (χ1) is 8.66. The van der Waals surface area contributed by atoms with Gasteiger partial charge in [-0.3, -0.25) is 0 Å². The van der Waals surface area contributed by atoms with Gasteiger partial charge in [-0.25, -0.2) is 0 Å². The topological polar surface area (TPSA) is 21.3 Å². The monoisotopic (exact) mass is 265 g/mol. The fourth-order valence-electron chi connectivity index (χ4n) is 3.12. The van der Waals surface area contributed by atoms with Crippen molar-refractivity contribution in [2.24, 2.45) is 0 Å². The Balaban J connectivity index is 1.76. The van der Waals surface area contributed by atoms with E-state index < -0.39 is 0 Å². The highest BCUT2D eigenvalue weighted by Crippen LogP contribution is 2.34. The summed E-state index contributed by atoms with van der Waals surface area (Å²) in [5.74, 6) is 1.06. The van der Waals surface area contributed by atoms with Gasteiger partial charge in [-0.05, 0) is 37.5 Å². The molecule has 18 heavy (non-hydrogen) atoms. The molecule has 1 heterocycles. The number of fused-ring (bicyclic) bond motifs is 1. The van der Waals surface area contributed by atoms with Crippen molar-refractivity contribution in [1.29, 1.82) is 0 Å². The van der Waals surface area contributed by atoms with Gasteiger partial charge in [0.1, 0.15) is 5.75 Å². The van der Waals surface area contributed by atoms with Crippen LogP contribution in [0.15, 0.2) is 12.1 Å². The summed E-state index contributed by atoms with van der Waals surface area (Å²) in [6.07, 6.45) is 6.22. The molecule has 0 aromatic heterocycles. The highest BCUT2D eigenvalue weighted by molar-refractivity contribution is 6.30. The minimum Gasteiger partial charge on any atom is -0.493 e. The average molecular weight is 266 g/mol. The van der Waals surface area contributed by atoms with Gasteiger partial charge in [0.2, 0.25) is 0 Å². The van der Waals surface area contributed by atoms with Gasteiger partial charge in [-0.2, -0.15) is 0 Å². The van der Waals surface area contributed by atoms with Crippen molar-refractivity contribution < 1.29 is 4.74 Å². The second-order valence-corrected chi connectivity index (χ2v) is 6.21. The molecule has 98 valence electrons. The highest BCUT2D eigenvalue weighted by Gasteiger charge is 2.28. The van der Waals surface area contributed by atoms with E-state index in [-0.39, 0.29) is 0 Å². The maximum Gasteiger partial charge on any atom is 0.127 e. The lowest BCUT2D eigenvalue weighted by Gasteiger charge is -2.26. The molecule has 1 saturated carbocycles. The van der Waals surface area contributed by atoms with Crippen LogP contribution in [0, 0.1) is 0 Å². The van der Waals surface area contributed by atoms with Gasteiger partial charge in [0.25, 0.3) is 0 Å². The van der Waals surface area contributed by atoms with Crippen LogP contribution in [0.5, 0.6) is 5.75 Å². The number of hydrogen-bond acceptors (Lipinski definition) is 2. The maximum absolute atomic E-state index is 6.18. The first kappa shape index (κ1) is 12.3. The SMILES string of the molecule is CC1(NCc2cc(Cl)cc3c2OCC3)CCCC1. The fourth-order valence-corrected chi connectivity index (χ4v) is 3.38. The molecule has 1 aromatic rings. The Morgan fingerprint density at radius 1 is 1.33 bits per heavy atom. The van der Waals surface area contributed by atoms with Crippen molar-refractivity contribution in [3.63, 3.8) is 0 Å². The third kappa shape index (κ3) is 2.36. The van der Waals surface area contributed by atoms with Crippen molar-refractivity contribution in [2.45, 2.75) is 51.1 Å². The summed E-state index contributed by atoms with van der Waals surface area (Å²) in [6.45, 7) is 3.98. The van der Waals surface area contributed by atoms with E-state index in [1.807, 2.05) is 12.1 Å². The minimum absolute atomic E-state index is 0.299. The van der Waals surface area contributed by atoms with Crippen LogP contribution in [0.2, 0.25) is 5.02 Å². The summed E-state index contributed by atoms with van der Waals surface area (Å²) in [6, 6.07) is 4.07. The number of benzene rings is 1. The van der Waals surface area contributed by atoms with Crippen molar-refractivity contribution in [3.05, 3.63) is 28.3 Å². The zero-order valence-electron chi connectivity index (χ0n) is 10.9. The lowest BCUT2D eigenvalue weighted by molar-refractivity contribution is 0.339. The van der Waals surface area contributed by atoms with Crippen molar-refractivity contribution >= 4 is 11.6 Å². The van der Waals surface area contributed by atoms with E-state index in [2.05, 4.69) is 12.2 Å². The van der Waals surface area contributed by atoms with E-state index in [0.29, 0.717) is 5.54 Å². The molecule has 0 spiro atoms. The summed E-state index contributed by atoms with van der Waals surface area (Å²) in [5.41, 5.74) is 2.77. The molecule has 0 bridgehead atoms. The number of hydrogen-bond donors (Lipinski definition) is 1. The lowest BCUT2D eigenvalue weighted by atomic mass is 9.99. The molecule has 1 aliphatic heterocycles. The third-order valence-electron chi connectivity index (χ3n) is 4.24. The molecule has 1 fully saturated rings. The Hall–Kier alpha value is -0.730. The Labute approximate surface area is 114 Å². The Kier molecular flexibility index (Phi) is 3.25. The van der Waals surface area contributed by atoms with E-state index in [1.54, 1.807) is 0 Å². The second-order valence-electron chi connectivity index (χ2n) is 5.77. The van der Waals surface area contributed by atoms with Crippen LogP contribution in [0.25, 0.3) is 0 Å². The van der Waals surface area contributed by atoms with Crippen LogP contribution < -0.4 is 10.1 Å². The normalized spacial score (nSPS) is 20.8. The quantitative estimate of drug-likeness (QED) is 0.900. The molecule has 0 unspecified atom stereocenters. The van der Waals surface area contributed by atoms with Crippen LogP contribution in [-0.2, 0) is 13.0 Å². The molecule has 0 saturated heterocycles. The summed E-state index contributed by atoms with van der Waals surface area (Å²) < 4.78 is 5.73. The molecule has 1 aliphatic carbocycles. The lowest BCUT2D eigenvalue weighted by Crippen LogP contribution is -2.38. The Bertz CT molecular complexity index is 452. The first-order valence-corrected chi connectivity index (χ1v) is 7.23. The molecule has 2 aliphatic rings. The number of nitrogens with one attached hydrogen (secondary N) is 1. The van der Waals surface area contributed by atoms with Crippen LogP contribution in [0.3, 0.4) is 0 Å². The summed E-state index contributed by atoms with van der Waals surface area (Å²) in [7, 11) is 0. The van der Waals surface area contributed by atoms with Gasteiger partial charge in [0.15, 0.2) is 0 Å². The molecular formula is C15H20ClNO. The Morgan fingerprint density at radius 3 is 2.89 bits per heavy atom. The predicted molar refractivity (Wildman–Crippen MR) is 74.4 cm³/mol. The molecule has 2 nitrogen and oxygen atoms in total. The smallest absolute Gasteiger partial charge is 0.127 e. The van der Waals surface area contributed by atoms with Gasteiger partial charge in [0.05, 0.1) is 6.61 Å². The molecule has 3 rings (SSSR count). The van der Waals surface area contributed by atoms with E-state index in [9.17, 15) is 0 Å². The van der Waals surface area contributed by atoms with Crippen LogP contribution >= 0.6 is 11.6 Å². The summed E-state index contributed by atoms with van der Waals surface area (Å²) >= 11 is 6.18. The third-order valence-corrected chi connectivity index (χ3v) is 4.46. The Morgan fingerprint density at radius 2 is 2.11 bits per heavy atom. The highest BCUT2D eigenvalue weighted by atomic mass is 35.5. The van der Waals surface area contributed by atoms with Crippen LogP contribution in [0.4, 0.5) is 0 Å². The molecule has 0 radical (unpaired) electrons. The summed E-state index contributed by atoms with van der Waals surface area (Å²) in [4.78, 5) is 0. The largest absolute Gasteiger partial charge is 0.493 e. The molecule has 0 atom stereocenters. The molecule has 1 aromatic carbocycles. The van der Waals surface area contributed by atoms with E-state index >= 15 is 0 Å². The van der Waals surface area contributed by atoms with Gasteiger partial charge < -0.3 is 10.1 Å². The molecular weight excluding hydrogens is 246 g/mol. The minimum atomic E-state index is 0.299. The zero-order valence-corrected chi connectivity index (χ0v) is 11.6. The number of rotatable bonds is 3. The number of halogens is 1. The molecule has 3 heteroatoms. The number of ether oxygens (including phenoxy) is 1. The zero-order chi connectivity index (χ0) is 12.6. The average Bonchev–Trinajstić information content (AvgIpc) is 2.95. The van der Waals surface area contributed by atoms with Crippen LogP contribution in [0.1, 0.15) is 43.7 Å². The molecule has 0 amide bonds. The summed E-state index contributed by atoms with van der Waals surface area (Å²) in [5, 5.41) is 4.52. The van der Waals surface area contributed by atoms with Gasteiger partial charge in [0, 0.05) is 29.1 Å². The second kappa shape index (κ2) is 4.75. The van der Waals surface area contributed by atoms with Crippen LogP contribution in [-0.4, -0.2) is 12.1 Å². The van der Waals surface area contributed by atoms with E-state index in [1.165, 1.54) is 36.8 Å². The standard InChI is InChI=1S/C15H20ClNO/c1-15(5-2-3-6-15)17-10-12-9-13(16)8-11-4-7-18-14(11)12/h8-9,17H,2-7,10H2,1H3. The fraction of sp³-hybridized carbons (Fsp3) is 0.600.